The smallest absolute Gasteiger partial charge is 0.184 e. The Morgan fingerprint density at radius 3 is 1.93 bits per heavy atom. The molecule has 0 spiro atoms. The second-order valence-corrected chi connectivity index (χ2v) is 11.5. The molecule has 0 aromatic carbocycles. The highest BCUT2D eigenvalue weighted by atomic mass is 127. The SMILES string of the molecule is C[Si](C)(C)O[C@H]1CCC[C@@H](I)CCC1. The van der Waals surface area contributed by atoms with Gasteiger partial charge in [-0.3, -0.25) is 0 Å². The molecule has 14 heavy (non-hydrogen) atoms. The zero-order valence-electron chi connectivity index (χ0n) is 9.68. The first-order chi connectivity index (χ1) is 6.47. The van der Waals surface area contributed by atoms with E-state index in [1.807, 2.05) is 0 Å². The molecular weight excluding hydrogens is 303 g/mol. The van der Waals surface area contributed by atoms with Crippen molar-refractivity contribution >= 4 is 30.9 Å². The summed E-state index contributed by atoms with van der Waals surface area (Å²) in [6.07, 6.45) is 8.68. The van der Waals surface area contributed by atoms with Crippen LogP contribution in [0.25, 0.3) is 0 Å². The van der Waals surface area contributed by atoms with Gasteiger partial charge in [-0.2, -0.15) is 0 Å². The maximum atomic E-state index is 6.19. The fourth-order valence-corrected chi connectivity index (χ4v) is 4.16. The second kappa shape index (κ2) is 5.85. The molecule has 1 aliphatic rings. The molecule has 3 heteroatoms. The zero-order chi connectivity index (χ0) is 10.6. The Bertz CT molecular complexity index is 157. The molecule has 0 radical (unpaired) electrons. The van der Waals surface area contributed by atoms with Crippen LogP contribution in [0.2, 0.25) is 19.6 Å². The van der Waals surface area contributed by atoms with Crippen LogP contribution in [-0.2, 0) is 4.43 Å². The maximum Gasteiger partial charge on any atom is 0.184 e. The summed E-state index contributed by atoms with van der Waals surface area (Å²) in [5, 5.41) is 0. The molecule has 1 rings (SSSR count). The third-order valence-electron chi connectivity index (χ3n) is 2.61. The number of halogens is 1. The predicted octanol–water partition coefficient (Wildman–Crippen LogP) is 4.36. The molecule has 0 aromatic heterocycles. The van der Waals surface area contributed by atoms with E-state index in [0.717, 1.165) is 3.92 Å². The minimum absolute atomic E-state index is 0.575. The van der Waals surface area contributed by atoms with Crippen LogP contribution in [-0.4, -0.2) is 18.3 Å². The van der Waals surface area contributed by atoms with Crippen LogP contribution in [0.1, 0.15) is 38.5 Å². The quantitative estimate of drug-likeness (QED) is 0.416. The van der Waals surface area contributed by atoms with Crippen molar-refractivity contribution in [2.24, 2.45) is 0 Å². The Morgan fingerprint density at radius 2 is 1.50 bits per heavy atom. The van der Waals surface area contributed by atoms with Gasteiger partial charge in [-0.05, 0) is 58.2 Å². The van der Waals surface area contributed by atoms with E-state index in [0.29, 0.717) is 6.10 Å². The molecule has 1 saturated carbocycles. The Labute approximate surface area is 103 Å². The van der Waals surface area contributed by atoms with Gasteiger partial charge in [0.25, 0.3) is 0 Å². The summed E-state index contributed by atoms with van der Waals surface area (Å²) in [6.45, 7) is 6.90. The van der Waals surface area contributed by atoms with Crippen molar-refractivity contribution in [3.8, 4) is 0 Å². The molecule has 0 amide bonds. The molecule has 1 fully saturated rings. The molecule has 0 saturated heterocycles. The van der Waals surface area contributed by atoms with Gasteiger partial charge in [0.2, 0.25) is 0 Å². The molecule has 0 unspecified atom stereocenters. The molecule has 0 aliphatic heterocycles. The Kier molecular flexibility index (Phi) is 5.42. The molecule has 0 aromatic rings. The highest BCUT2D eigenvalue weighted by Gasteiger charge is 2.22. The van der Waals surface area contributed by atoms with Crippen LogP contribution >= 0.6 is 22.6 Å². The fraction of sp³-hybridized carbons (Fsp3) is 1.00. The molecule has 0 heterocycles. The third-order valence-corrected chi connectivity index (χ3v) is 4.89. The van der Waals surface area contributed by atoms with Crippen molar-refractivity contribution in [1.82, 2.24) is 0 Å². The third kappa shape index (κ3) is 5.71. The Hall–Kier alpha value is 0.907. The number of alkyl halides is 1. The topological polar surface area (TPSA) is 9.23 Å². The summed E-state index contributed by atoms with van der Waals surface area (Å²) in [7, 11) is -1.30. The Morgan fingerprint density at radius 1 is 1.00 bits per heavy atom. The average Bonchev–Trinajstić information content (AvgIpc) is 1.97. The second-order valence-electron chi connectivity index (χ2n) is 5.31. The van der Waals surface area contributed by atoms with E-state index in [2.05, 4.69) is 42.2 Å². The van der Waals surface area contributed by atoms with Gasteiger partial charge in [0.15, 0.2) is 8.32 Å². The Balaban J connectivity index is 2.32. The average molecular weight is 326 g/mol. The van der Waals surface area contributed by atoms with E-state index in [1.165, 1.54) is 38.5 Å². The lowest BCUT2D eigenvalue weighted by atomic mass is 9.99. The van der Waals surface area contributed by atoms with Crippen molar-refractivity contribution in [2.45, 2.75) is 68.2 Å². The standard InChI is InChI=1S/C11H23IOSi/c1-14(2,3)13-11-8-4-6-10(12)7-5-9-11/h10-11H,4-9H2,1-3H3/t10-,11+. The van der Waals surface area contributed by atoms with Gasteiger partial charge in [-0.1, -0.05) is 22.6 Å². The summed E-state index contributed by atoms with van der Waals surface area (Å²) in [4.78, 5) is 0. The van der Waals surface area contributed by atoms with Gasteiger partial charge in [-0.15, -0.1) is 0 Å². The summed E-state index contributed by atoms with van der Waals surface area (Å²) in [5.41, 5.74) is 0. The summed E-state index contributed by atoms with van der Waals surface area (Å²) in [5.74, 6) is 0. The highest BCUT2D eigenvalue weighted by molar-refractivity contribution is 14.1. The van der Waals surface area contributed by atoms with Gasteiger partial charge >= 0.3 is 0 Å². The van der Waals surface area contributed by atoms with E-state index >= 15 is 0 Å². The summed E-state index contributed by atoms with van der Waals surface area (Å²) in [6, 6.07) is 0. The van der Waals surface area contributed by atoms with E-state index in [1.54, 1.807) is 0 Å². The van der Waals surface area contributed by atoms with E-state index in [4.69, 9.17) is 4.43 Å². The molecular formula is C11H23IOSi. The predicted molar refractivity (Wildman–Crippen MR) is 73.7 cm³/mol. The lowest BCUT2D eigenvalue weighted by Gasteiger charge is -2.28. The summed E-state index contributed by atoms with van der Waals surface area (Å²) < 4.78 is 7.10. The van der Waals surface area contributed by atoms with Crippen molar-refractivity contribution in [2.75, 3.05) is 0 Å². The number of rotatable bonds is 2. The first kappa shape index (κ1) is 13.0. The van der Waals surface area contributed by atoms with Gasteiger partial charge in [0, 0.05) is 10.0 Å². The van der Waals surface area contributed by atoms with Crippen LogP contribution in [0.15, 0.2) is 0 Å². The molecule has 84 valence electrons. The van der Waals surface area contributed by atoms with Crippen molar-refractivity contribution in [3.63, 3.8) is 0 Å². The van der Waals surface area contributed by atoms with E-state index in [9.17, 15) is 0 Å². The lowest BCUT2D eigenvalue weighted by Crippen LogP contribution is -2.32. The monoisotopic (exact) mass is 326 g/mol. The largest absolute Gasteiger partial charge is 0.415 e. The number of hydrogen-bond donors (Lipinski definition) is 0. The van der Waals surface area contributed by atoms with Gasteiger partial charge in [0.1, 0.15) is 0 Å². The molecule has 1 aliphatic carbocycles. The molecule has 0 N–H and O–H groups in total. The van der Waals surface area contributed by atoms with E-state index < -0.39 is 8.32 Å². The van der Waals surface area contributed by atoms with Crippen molar-refractivity contribution in [1.29, 1.82) is 0 Å². The van der Waals surface area contributed by atoms with Crippen molar-refractivity contribution < 1.29 is 4.43 Å². The number of hydrogen-bond acceptors (Lipinski definition) is 1. The van der Waals surface area contributed by atoms with Gasteiger partial charge in [0.05, 0.1) is 0 Å². The van der Waals surface area contributed by atoms with Gasteiger partial charge in [-0.25, -0.2) is 0 Å². The van der Waals surface area contributed by atoms with E-state index in [-0.39, 0.29) is 0 Å². The normalized spacial score (nSPS) is 30.9. The molecule has 0 atom stereocenters. The summed E-state index contributed by atoms with van der Waals surface area (Å²) >= 11 is 2.60. The van der Waals surface area contributed by atoms with Gasteiger partial charge < -0.3 is 4.43 Å². The molecule has 1 nitrogen and oxygen atoms in total. The maximum absolute atomic E-state index is 6.19. The lowest BCUT2D eigenvalue weighted by molar-refractivity contribution is 0.161. The first-order valence-electron chi connectivity index (χ1n) is 5.79. The van der Waals surface area contributed by atoms with Crippen LogP contribution in [0.4, 0.5) is 0 Å². The van der Waals surface area contributed by atoms with Crippen LogP contribution in [0.3, 0.4) is 0 Å². The highest BCUT2D eigenvalue weighted by Crippen LogP contribution is 2.26. The van der Waals surface area contributed by atoms with Crippen LogP contribution < -0.4 is 0 Å². The van der Waals surface area contributed by atoms with Crippen molar-refractivity contribution in [3.05, 3.63) is 0 Å². The molecule has 0 bridgehead atoms. The van der Waals surface area contributed by atoms with Crippen LogP contribution in [0, 0.1) is 0 Å². The first-order valence-corrected chi connectivity index (χ1v) is 10.4. The fourth-order valence-electron chi connectivity index (χ4n) is 2.04. The minimum atomic E-state index is -1.30. The van der Waals surface area contributed by atoms with Crippen LogP contribution in [0.5, 0.6) is 0 Å². The zero-order valence-corrected chi connectivity index (χ0v) is 12.8. The minimum Gasteiger partial charge on any atom is -0.415 e.